The van der Waals surface area contributed by atoms with E-state index in [-0.39, 0.29) is 0 Å². The zero-order chi connectivity index (χ0) is 22.1. The van der Waals surface area contributed by atoms with Crippen molar-refractivity contribution in [2.24, 2.45) is 0 Å². The van der Waals surface area contributed by atoms with Gasteiger partial charge in [0, 0.05) is 36.5 Å². The lowest BCUT2D eigenvalue weighted by atomic mass is 10.0. The Morgan fingerprint density at radius 3 is 1.17 bits per heavy atom. The molecule has 0 radical (unpaired) electrons. The minimum atomic E-state index is -1.94. The van der Waals surface area contributed by atoms with E-state index in [9.17, 15) is 33.6 Å². The van der Waals surface area contributed by atoms with E-state index in [4.69, 9.17) is 9.84 Å². The Morgan fingerprint density at radius 2 is 0.933 bits per heavy atom. The molecule has 12 nitrogen and oxygen atoms in total. The molecule has 3 aliphatic heterocycles. The second-order valence-electron chi connectivity index (χ2n) is 6.65. The Balaban J connectivity index is 1.98. The predicted octanol–water partition coefficient (Wildman–Crippen LogP) is -2.40. The first kappa shape index (κ1) is 20.8. The highest BCUT2D eigenvalue weighted by molar-refractivity contribution is 6.14. The molecule has 0 unspecified atom stereocenters. The molecule has 0 aromatic rings. The van der Waals surface area contributed by atoms with Crippen molar-refractivity contribution >= 4 is 41.4 Å². The monoisotopic (exact) mass is 417 g/mol. The summed E-state index contributed by atoms with van der Waals surface area (Å²) in [5, 5.41) is 9.07. The SMILES string of the molecule is O=C(O)COC(CN1C(=O)C=CC1=O)(CN1C(=O)C=CC1=O)CN1C(=O)C=CC1=O. The molecular formula is C18H15N3O9. The normalized spacial score (nSPS) is 18.7. The maximum atomic E-state index is 12.1. The average molecular weight is 417 g/mol. The first-order valence-corrected chi connectivity index (χ1v) is 8.58. The van der Waals surface area contributed by atoms with E-state index >= 15 is 0 Å². The van der Waals surface area contributed by atoms with Crippen LogP contribution in [0.15, 0.2) is 36.5 Å². The average Bonchev–Trinajstić information content (AvgIpc) is 3.29. The number of carboxylic acid groups (broad SMARTS) is 1. The Hall–Kier alpha value is -3.93. The van der Waals surface area contributed by atoms with E-state index in [1.807, 2.05) is 0 Å². The van der Waals surface area contributed by atoms with Crippen LogP contribution in [0.3, 0.4) is 0 Å². The van der Waals surface area contributed by atoms with E-state index < -0.39 is 73.3 Å². The topological polar surface area (TPSA) is 159 Å². The molecule has 30 heavy (non-hydrogen) atoms. The molecular weight excluding hydrogens is 402 g/mol. The highest BCUT2D eigenvalue weighted by atomic mass is 16.5. The van der Waals surface area contributed by atoms with Crippen LogP contribution in [-0.2, 0) is 38.3 Å². The fourth-order valence-electron chi connectivity index (χ4n) is 3.13. The van der Waals surface area contributed by atoms with Gasteiger partial charge >= 0.3 is 5.97 Å². The zero-order valence-corrected chi connectivity index (χ0v) is 15.3. The van der Waals surface area contributed by atoms with Gasteiger partial charge in [0.25, 0.3) is 35.4 Å². The number of hydrogen-bond acceptors (Lipinski definition) is 8. The number of imide groups is 3. The molecule has 3 aliphatic rings. The van der Waals surface area contributed by atoms with Crippen molar-refractivity contribution in [2.75, 3.05) is 26.2 Å². The number of amides is 6. The summed E-state index contributed by atoms with van der Waals surface area (Å²) in [4.78, 5) is 85.6. The lowest BCUT2D eigenvalue weighted by Crippen LogP contribution is -2.61. The van der Waals surface area contributed by atoms with Gasteiger partial charge in [-0.1, -0.05) is 0 Å². The van der Waals surface area contributed by atoms with E-state index in [2.05, 4.69) is 0 Å². The highest BCUT2D eigenvalue weighted by Gasteiger charge is 2.46. The first-order chi connectivity index (χ1) is 14.1. The van der Waals surface area contributed by atoms with Gasteiger partial charge in [-0.3, -0.25) is 43.5 Å². The zero-order valence-electron chi connectivity index (χ0n) is 15.3. The lowest BCUT2D eigenvalue weighted by Gasteiger charge is -2.39. The fourth-order valence-corrected chi connectivity index (χ4v) is 3.13. The largest absolute Gasteiger partial charge is 0.480 e. The van der Waals surface area contributed by atoms with Crippen LogP contribution < -0.4 is 0 Å². The maximum absolute atomic E-state index is 12.1. The van der Waals surface area contributed by atoms with Gasteiger partial charge in [-0.2, -0.15) is 0 Å². The maximum Gasteiger partial charge on any atom is 0.329 e. The third kappa shape index (κ3) is 4.07. The van der Waals surface area contributed by atoms with Crippen LogP contribution >= 0.6 is 0 Å². The molecule has 0 aromatic carbocycles. The molecule has 0 saturated carbocycles. The van der Waals surface area contributed by atoms with Gasteiger partial charge in [0.15, 0.2) is 0 Å². The summed E-state index contributed by atoms with van der Waals surface area (Å²) >= 11 is 0. The smallest absolute Gasteiger partial charge is 0.329 e. The van der Waals surface area contributed by atoms with Crippen LogP contribution in [-0.4, -0.2) is 93.1 Å². The van der Waals surface area contributed by atoms with Crippen molar-refractivity contribution in [2.45, 2.75) is 5.60 Å². The summed E-state index contributed by atoms with van der Waals surface area (Å²) in [6, 6.07) is 0. The van der Waals surface area contributed by atoms with Gasteiger partial charge in [0.05, 0.1) is 19.6 Å². The molecule has 6 amide bonds. The van der Waals surface area contributed by atoms with Crippen molar-refractivity contribution in [1.82, 2.24) is 14.7 Å². The van der Waals surface area contributed by atoms with Gasteiger partial charge in [0.1, 0.15) is 12.2 Å². The minimum Gasteiger partial charge on any atom is -0.480 e. The Bertz CT molecular complexity index is 801. The molecule has 0 spiro atoms. The van der Waals surface area contributed by atoms with Gasteiger partial charge in [-0.05, 0) is 0 Å². The highest BCUT2D eigenvalue weighted by Crippen LogP contribution is 2.24. The Morgan fingerprint density at radius 1 is 0.667 bits per heavy atom. The van der Waals surface area contributed by atoms with Crippen molar-refractivity contribution < 1.29 is 43.4 Å². The van der Waals surface area contributed by atoms with Crippen molar-refractivity contribution in [3.63, 3.8) is 0 Å². The van der Waals surface area contributed by atoms with E-state index in [0.29, 0.717) is 14.7 Å². The number of hydrogen-bond donors (Lipinski definition) is 1. The molecule has 3 rings (SSSR count). The molecule has 0 aromatic heterocycles. The molecule has 3 heterocycles. The first-order valence-electron chi connectivity index (χ1n) is 8.58. The second-order valence-corrected chi connectivity index (χ2v) is 6.65. The van der Waals surface area contributed by atoms with Gasteiger partial charge in [-0.25, -0.2) is 4.79 Å². The fraction of sp³-hybridized carbons (Fsp3) is 0.278. The number of carbonyl (C=O) groups is 7. The Labute approximate surface area is 168 Å². The standard InChI is InChI=1S/C18H15N3O9/c22-11-1-2-12(23)19(11)8-18(30-7-17(28)29,9-20-13(24)3-4-14(20)25)10-21-15(26)5-6-16(21)27/h1-6H,7-10H2,(H,28,29). The predicted molar refractivity (Wildman–Crippen MR) is 93.9 cm³/mol. The molecule has 0 saturated heterocycles. The van der Waals surface area contributed by atoms with E-state index in [1.54, 1.807) is 0 Å². The van der Waals surface area contributed by atoms with Crippen molar-refractivity contribution in [3.05, 3.63) is 36.5 Å². The molecule has 0 fully saturated rings. The van der Waals surface area contributed by atoms with Crippen LogP contribution in [0.2, 0.25) is 0 Å². The van der Waals surface area contributed by atoms with Crippen molar-refractivity contribution in [1.29, 1.82) is 0 Å². The molecule has 0 atom stereocenters. The van der Waals surface area contributed by atoms with E-state index in [0.717, 1.165) is 36.5 Å². The van der Waals surface area contributed by atoms with Gasteiger partial charge in [-0.15, -0.1) is 0 Å². The molecule has 12 heteroatoms. The summed E-state index contributed by atoms with van der Waals surface area (Å²) in [5.41, 5.74) is -1.94. The minimum absolute atomic E-state index is 0.612. The van der Waals surface area contributed by atoms with Crippen LogP contribution in [0.25, 0.3) is 0 Å². The van der Waals surface area contributed by atoms with E-state index in [1.165, 1.54) is 0 Å². The molecule has 0 bridgehead atoms. The lowest BCUT2D eigenvalue weighted by molar-refractivity contribution is -0.163. The van der Waals surface area contributed by atoms with Crippen LogP contribution in [0.5, 0.6) is 0 Å². The molecule has 0 aliphatic carbocycles. The van der Waals surface area contributed by atoms with Crippen LogP contribution in [0.4, 0.5) is 0 Å². The quantitative estimate of drug-likeness (QED) is 0.404. The number of rotatable bonds is 9. The summed E-state index contributed by atoms with van der Waals surface area (Å²) in [6.07, 6.45) is 5.87. The molecule has 156 valence electrons. The van der Waals surface area contributed by atoms with Crippen LogP contribution in [0.1, 0.15) is 0 Å². The van der Waals surface area contributed by atoms with Gasteiger partial charge in [0.2, 0.25) is 0 Å². The third-order valence-corrected chi connectivity index (χ3v) is 4.54. The summed E-state index contributed by atoms with van der Waals surface area (Å²) in [6.45, 7) is -2.78. The summed E-state index contributed by atoms with van der Waals surface area (Å²) in [7, 11) is 0. The number of aliphatic carboxylic acids is 1. The van der Waals surface area contributed by atoms with Gasteiger partial charge < -0.3 is 9.84 Å². The number of ether oxygens (including phenoxy) is 1. The second kappa shape index (κ2) is 7.83. The number of nitrogens with zero attached hydrogens (tertiary/aromatic N) is 3. The van der Waals surface area contributed by atoms with Crippen molar-refractivity contribution in [3.8, 4) is 0 Å². The van der Waals surface area contributed by atoms with Crippen LogP contribution in [0, 0.1) is 0 Å². The number of carboxylic acids is 1. The molecule has 1 N–H and O–H groups in total. The number of carbonyl (C=O) groups excluding carboxylic acids is 6. The Kier molecular flexibility index (Phi) is 5.43. The third-order valence-electron chi connectivity index (χ3n) is 4.54. The summed E-state index contributed by atoms with van der Waals surface area (Å²) < 4.78 is 5.45. The summed E-state index contributed by atoms with van der Waals surface area (Å²) in [5.74, 6) is -5.85.